The van der Waals surface area contributed by atoms with Gasteiger partial charge in [-0.3, -0.25) is 0 Å². The monoisotopic (exact) mass is 396 g/mol. The molecule has 0 aromatic carbocycles. The number of halogens is 1. The summed E-state index contributed by atoms with van der Waals surface area (Å²) in [6, 6.07) is 0. The molecule has 0 atom stereocenters. The lowest BCUT2D eigenvalue weighted by atomic mass is 10.3. The second-order valence-corrected chi connectivity index (χ2v) is 5.42. The van der Waals surface area contributed by atoms with E-state index in [1.54, 1.807) is 4.80 Å². The third kappa shape index (κ3) is 4.51. The van der Waals surface area contributed by atoms with E-state index in [-0.39, 0.29) is 24.0 Å². The smallest absolute Gasteiger partial charge is 0.191 e. The third-order valence-corrected chi connectivity index (χ3v) is 3.87. The highest BCUT2D eigenvalue weighted by Gasteiger charge is 2.12. The van der Waals surface area contributed by atoms with E-state index in [4.69, 9.17) is 5.73 Å². The van der Waals surface area contributed by atoms with Crippen molar-refractivity contribution in [3.63, 3.8) is 0 Å². The van der Waals surface area contributed by atoms with Crippen LogP contribution in [-0.2, 0) is 13.1 Å². The van der Waals surface area contributed by atoms with Crippen molar-refractivity contribution in [2.24, 2.45) is 10.7 Å². The van der Waals surface area contributed by atoms with Gasteiger partial charge in [0.2, 0.25) is 0 Å². The number of thioether (sulfide) groups is 1. The molecule has 0 spiro atoms. The summed E-state index contributed by atoms with van der Waals surface area (Å²) < 4.78 is 0. The summed E-state index contributed by atoms with van der Waals surface area (Å²) in [6.45, 7) is 7.25. The summed E-state index contributed by atoms with van der Waals surface area (Å²) >= 11 is 1.96. The molecule has 19 heavy (non-hydrogen) atoms. The second kappa shape index (κ2) is 7.93. The van der Waals surface area contributed by atoms with Gasteiger partial charge in [0.05, 0.1) is 18.8 Å². The minimum absolute atomic E-state index is 0. The number of hydrogen-bond acceptors (Lipinski definition) is 4. The molecule has 0 radical (unpaired) electrons. The highest BCUT2D eigenvalue weighted by atomic mass is 127. The van der Waals surface area contributed by atoms with Crippen molar-refractivity contribution in [2.45, 2.75) is 26.9 Å². The molecule has 1 aromatic rings. The van der Waals surface area contributed by atoms with Gasteiger partial charge in [-0.25, -0.2) is 4.99 Å². The maximum atomic E-state index is 6.00. The van der Waals surface area contributed by atoms with E-state index >= 15 is 0 Å². The van der Waals surface area contributed by atoms with Gasteiger partial charge in [-0.05, 0) is 13.8 Å². The number of aryl methyl sites for hydroxylation is 2. The summed E-state index contributed by atoms with van der Waals surface area (Å²) in [6.07, 6.45) is 0. The molecule has 108 valence electrons. The van der Waals surface area contributed by atoms with E-state index in [9.17, 15) is 0 Å². The lowest BCUT2D eigenvalue weighted by molar-refractivity contribution is 0.455. The van der Waals surface area contributed by atoms with Gasteiger partial charge in [0.25, 0.3) is 0 Å². The molecule has 2 N–H and O–H groups in total. The molecule has 6 nitrogen and oxygen atoms in total. The van der Waals surface area contributed by atoms with Crippen LogP contribution < -0.4 is 5.73 Å². The normalized spacial score (nSPS) is 16.3. The molecule has 1 fully saturated rings. The Hall–Kier alpha value is -0.510. The van der Waals surface area contributed by atoms with Crippen molar-refractivity contribution < 1.29 is 0 Å². The lowest BCUT2D eigenvalue weighted by Gasteiger charge is -2.27. The Bertz CT molecular complexity index is 427. The molecule has 1 saturated heterocycles. The molecule has 0 amide bonds. The molecule has 0 saturated carbocycles. The fourth-order valence-electron chi connectivity index (χ4n) is 1.80. The first-order valence-electron chi connectivity index (χ1n) is 6.24. The second-order valence-electron chi connectivity index (χ2n) is 4.19. The third-order valence-electron chi connectivity index (χ3n) is 2.93. The molecule has 0 unspecified atom stereocenters. The van der Waals surface area contributed by atoms with Crippen LogP contribution in [-0.4, -0.2) is 50.4 Å². The van der Waals surface area contributed by atoms with Gasteiger partial charge in [-0.1, -0.05) is 0 Å². The van der Waals surface area contributed by atoms with Crippen LogP contribution in [0.4, 0.5) is 0 Å². The predicted molar refractivity (Wildman–Crippen MR) is 90.1 cm³/mol. The molecular weight excluding hydrogens is 375 g/mol. The zero-order valence-corrected chi connectivity index (χ0v) is 14.5. The lowest BCUT2D eigenvalue weighted by Crippen LogP contribution is -2.42. The van der Waals surface area contributed by atoms with Crippen LogP contribution in [0.5, 0.6) is 0 Å². The summed E-state index contributed by atoms with van der Waals surface area (Å²) in [5, 5.41) is 8.66. The minimum atomic E-state index is 0. The quantitative estimate of drug-likeness (QED) is 0.471. The van der Waals surface area contributed by atoms with Gasteiger partial charge in [0.15, 0.2) is 5.96 Å². The maximum absolute atomic E-state index is 6.00. The van der Waals surface area contributed by atoms with E-state index in [1.165, 1.54) is 0 Å². The maximum Gasteiger partial charge on any atom is 0.191 e. The first-order valence-corrected chi connectivity index (χ1v) is 7.39. The van der Waals surface area contributed by atoms with Gasteiger partial charge >= 0.3 is 0 Å². The standard InChI is InChI=1S/C11H20N6S.HI/c1-3-17-14-9(2)10(15-17)8-13-11(12)16-4-6-18-7-5-16;/h3-8H2,1-2H3,(H2,12,13);1H. The molecule has 1 aromatic heterocycles. The summed E-state index contributed by atoms with van der Waals surface area (Å²) in [5.41, 5.74) is 7.84. The molecule has 0 aliphatic carbocycles. The van der Waals surface area contributed by atoms with Crippen molar-refractivity contribution in [3.8, 4) is 0 Å². The average Bonchev–Trinajstić information content (AvgIpc) is 2.77. The van der Waals surface area contributed by atoms with Crippen LogP contribution in [0.15, 0.2) is 4.99 Å². The SMILES string of the molecule is CCn1nc(C)c(CN=C(N)N2CCSCC2)n1.I. The Kier molecular flexibility index (Phi) is 6.90. The average molecular weight is 396 g/mol. The summed E-state index contributed by atoms with van der Waals surface area (Å²) in [5.74, 6) is 2.88. The van der Waals surface area contributed by atoms with E-state index in [2.05, 4.69) is 20.1 Å². The number of aliphatic imine (C=N–C) groups is 1. The number of hydrogen-bond donors (Lipinski definition) is 1. The van der Waals surface area contributed by atoms with Gasteiger partial charge < -0.3 is 10.6 Å². The molecule has 2 rings (SSSR count). The van der Waals surface area contributed by atoms with Crippen LogP contribution in [0.3, 0.4) is 0 Å². The predicted octanol–water partition coefficient (Wildman–Crippen LogP) is 1.09. The van der Waals surface area contributed by atoms with Crippen molar-refractivity contribution in [3.05, 3.63) is 11.4 Å². The molecule has 1 aliphatic heterocycles. The largest absolute Gasteiger partial charge is 0.370 e. The molecule has 1 aliphatic rings. The first-order chi connectivity index (χ1) is 8.70. The van der Waals surface area contributed by atoms with Crippen LogP contribution >= 0.6 is 35.7 Å². The van der Waals surface area contributed by atoms with Gasteiger partial charge in [-0.2, -0.15) is 26.8 Å². The zero-order chi connectivity index (χ0) is 13.0. The Morgan fingerprint density at radius 2 is 2.05 bits per heavy atom. The number of nitrogens with zero attached hydrogens (tertiary/aromatic N) is 5. The first kappa shape index (κ1) is 16.5. The van der Waals surface area contributed by atoms with Gasteiger partial charge in [0, 0.05) is 24.6 Å². The number of guanidine groups is 1. The molecular formula is C11H21IN6S. The Labute approximate surface area is 135 Å². The van der Waals surface area contributed by atoms with Crippen LogP contribution in [0.2, 0.25) is 0 Å². The topological polar surface area (TPSA) is 72.3 Å². The van der Waals surface area contributed by atoms with Crippen LogP contribution in [0.1, 0.15) is 18.3 Å². The van der Waals surface area contributed by atoms with Crippen molar-refractivity contribution in [1.82, 2.24) is 19.9 Å². The van der Waals surface area contributed by atoms with E-state index in [0.29, 0.717) is 12.5 Å². The highest BCUT2D eigenvalue weighted by molar-refractivity contribution is 14.0. The Morgan fingerprint density at radius 3 is 2.63 bits per heavy atom. The highest BCUT2D eigenvalue weighted by Crippen LogP contribution is 2.09. The number of aromatic nitrogens is 3. The Balaban J connectivity index is 0.00000180. The van der Waals surface area contributed by atoms with Crippen molar-refractivity contribution >= 4 is 41.7 Å². The molecule has 8 heteroatoms. The summed E-state index contributed by atoms with van der Waals surface area (Å²) in [4.78, 5) is 8.25. The van der Waals surface area contributed by atoms with Gasteiger partial charge in [0.1, 0.15) is 5.69 Å². The summed E-state index contributed by atoms with van der Waals surface area (Å²) in [7, 11) is 0. The fourth-order valence-corrected chi connectivity index (χ4v) is 2.70. The van der Waals surface area contributed by atoms with E-state index < -0.39 is 0 Å². The van der Waals surface area contributed by atoms with Crippen molar-refractivity contribution in [2.75, 3.05) is 24.6 Å². The minimum Gasteiger partial charge on any atom is -0.370 e. The molecule has 0 bridgehead atoms. The van der Waals surface area contributed by atoms with Crippen molar-refractivity contribution in [1.29, 1.82) is 0 Å². The van der Waals surface area contributed by atoms with Crippen LogP contribution in [0, 0.1) is 6.92 Å². The fraction of sp³-hybridized carbons (Fsp3) is 0.727. The number of nitrogens with two attached hydrogens (primary N) is 1. The molecule has 2 heterocycles. The number of rotatable bonds is 3. The zero-order valence-electron chi connectivity index (χ0n) is 11.4. The Morgan fingerprint density at radius 1 is 1.37 bits per heavy atom. The van der Waals surface area contributed by atoms with Gasteiger partial charge in [-0.15, -0.1) is 24.0 Å². The van der Waals surface area contributed by atoms with Crippen LogP contribution in [0.25, 0.3) is 0 Å². The van der Waals surface area contributed by atoms with E-state index in [1.807, 2.05) is 25.6 Å². The van der Waals surface area contributed by atoms with E-state index in [0.717, 1.165) is 42.5 Å².